The van der Waals surface area contributed by atoms with E-state index >= 15 is 0 Å². The fraction of sp³-hybridized carbons (Fsp3) is 0.133. The maximum absolute atomic E-state index is 12.8. The number of thioether (sulfide) groups is 1. The molecule has 0 saturated heterocycles. The molecule has 120 valence electrons. The van der Waals surface area contributed by atoms with Gasteiger partial charge < -0.3 is 0 Å². The number of amides is 1. The van der Waals surface area contributed by atoms with Crippen LogP contribution in [-0.2, 0) is 10.0 Å². The van der Waals surface area contributed by atoms with E-state index in [0.717, 1.165) is 10.5 Å². The van der Waals surface area contributed by atoms with E-state index in [0.29, 0.717) is 22.2 Å². The highest BCUT2D eigenvalue weighted by Gasteiger charge is 2.28. The van der Waals surface area contributed by atoms with Gasteiger partial charge in [-0.25, -0.2) is 13.6 Å². The molecule has 0 spiro atoms. The number of fused-ring (bicyclic) bond motifs is 1. The summed E-state index contributed by atoms with van der Waals surface area (Å²) in [5.74, 6) is 0.276. The molecule has 0 saturated carbocycles. The molecule has 1 heterocycles. The van der Waals surface area contributed by atoms with Gasteiger partial charge in [-0.2, -0.15) is 0 Å². The van der Waals surface area contributed by atoms with Gasteiger partial charge in [0.05, 0.1) is 16.5 Å². The summed E-state index contributed by atoms with van der Waals surface area (Å²) in [7, 11) is -3.76. The van der Waals surface area contributed by atoms with Crippen molar-refractivity contribution in [1.29, 1.82) is 0 Å². The molecule has 23 heavy (non-hydrogen) atoms. The monoisotopic (exact) mass is 368 g/mol. The van der Waals surface area contributed by atoms with E-state index in [2.05, 4.69) is 0 Å². The third kappa shape index (κ3) is 3.10. The van der Waals surface area contributed by atoms with Gasteiger partial charge in [0.2, 0.25) is 10.0 Å². The van der Waals surface area contributed by atoms with Crippen LogP contribution in [-0.4, -0.2) is 20.2 Å². The molecule has 0 unspecified atom stereocenters. The number of halogens is 1. The third-order valence-electron chi connectivity index (χ3n) is 3.56. The molecule has 1 aliphatic heterocycles. The molecular weight excluding hydrogens is 356 g/mol. The SMILES string of the molecule is Cc1cc(Cl)ccc1C(=O)N1CSc2cc(S(N)(=O)=O)ccc21. The van der Waals surface area contributed by atoms with Gasteiger partial charge in [-0.3, -0.25) is 9.69 Å². The Labute approximate surface area is 143 Å². The van der Waals surface area contributed by atoms with Crippen molar-refractivity contribution in [1.82, 2.24) is 0 Å². The molecule has 3 rings (SSSR count). The largest absolute Gasteiger partial charge is 0.297 e. The first-order chi connectivity index (χ1) is 10.8. The second-order valence-corrected chi connectivity index (χ2v) is 8.12. The first kappa shape index (κ1) is 16.3. The van der Waals surface area contributed by atoms with Crippen molar-refractivity contribution < 1.29 is 13.2 Å². The summed E-state index contributed by atoms with van der Waals surface area (Å²) in [4.78, 5) is 15.1. The number of aryl methyl sites for hydroxylation is 1. The Bertz CT molecular complexity index is 913. The van der Waals surface area contributed by atoms with Crippen LogP contribution in [0.25, 0.3) is 0 Å². The van der Waals surface area contributed by atoms with Gasteiger partial charge in [-0.05, 0) is 48.9 Å². The first-order valence-electron chi connectivity index (χ1n) is 6.65. The number of anilines is 1. The molecule has 2 aromatic carbocycles. The van der Waals surface area contributed by atoms with Gasteiger partial charge in [-0.1, -0.05) is 11.6 Å². The van der Waals surface area contributed by atoms with E-state index in [9.17, 15) is 13.2 Å². The summed E-state index contributed by atoms with van der Waals surface area (Å²) in [6, 6.07) is 9.63. The molecule has 0 aromatic heterocycles. The van der Waals surface area contributed by atoms with E-state index in [1.165, 1.54) is 23.9 Å². The molecule has 5 nitrogen and oxygen atoms in total. The second kappa shape index (κ2) is 5.83. The minimum absolute atomic E-state index is 0.0423. The highest BCUT2D eigenvalue weighted by molar-refractivity contribution is 8.00. The molecule has 2 N–H and O–H groups in total. The van der Waals surface area contributed by atoms with Crippen LogP contribution >= 0.6 is 23.4 Å². The summed E-state index contributed by atoms with van der Waals surface area (Å²) in [5.41, 5.74) is 2.04. The minimum atomic E-state index is -3.76. The van der Waals surface area contributed by atoms with Crippen LogP contribution in [0.1, 0.15) is 15.9 Å². The van der Waals surface area contributed by atoms with Crippen LogP contribution in [0.2, 0.25) is 5.02 Å². The van der Waals surface area contributed by atoms with Gasteiger partial charge in [-0.15, -0.1) is 11.8 Å². The number of carbonyl (C=O) groups is 1. The van der Waals surface area contributed by atoms with Gasteiger partial charge >= 0.3 is 0 Å². The standard InChI is InChI=1S/C15H13ClN2O3S2/c1-9-6-10(16)2-4-12(9)15(19)18-8-22-14-7-11(23(17,20)21)3-5-13(14)18/h2-7H,8H2,1H3,(H2,17,20,21). The lowest BCUT2D eigenvalue weighted by Crippen LogP contribution is -2.28. The van der Waals surface area contributed by atoms with Crippen LogP contribution in [0.15, 0.2) is 46.2 Å². The Hall–Kier alpha value is -1.54. The number of hydrogen-bond donors (Lipinski definition) is 1. The molecule has 0 atom stereocenters. The quantitative estimate of drug-likeness (QED) is 0.883. The summed E-state index contributed by atoms with van der Waals surface area (Å²) < 4.78 is 22.8. The number of rotatable bonds is 2. The predicted octanol–water partition coefficient (Wildman–Crippen LogP) is 3.01. The maximum Gasteiger partial charge on any atom is 0.259 e. The Balaban J connectivity index is 1.98. The predicted molar refractivity (Wildman–Crippen MR) is 91.5 cm³/mol. The first-order valence-corrected chi connectivity index (χ1v) is 9.56. The Morgan fingerprint density at radius 1 is 1.26 bits per heavy atom. The topological polar surface area (TPSA) is 80.5 Å². The number of benzene rings is 2. The zero-order valence-electron chi connectivity index (χ0n) is 12.1. The van der Waals surface area contributed by atoms with Crippen molar-refractivity contribution in [3.63, 3.8) is 0 Å². The molecule has 0 aliphatic carbocycles. The van der Waals surface area contributed by atoms with Crippen molar-refractivity contribution in [2.24, 2.45) is 5.14 Å². The lowest BCUT2D eigenvalue weighted by atomic mass is 10.1. The van der Waals surface area contributed by atoms with Crippen molar-refractivity contribution >= 4 is 45.0 Å². The Morgan fingerprint density at radius 2 is 2.00 bits per heavy atom. The lowest BCUT2D eigenvalue weighted by Gasteiger charge is -2.18. The molecule has 8 heteroatoms. The molecule has 1 aliphatic rings. The normalized spacial score (nSPS) is 14.0. The van der Waals surface area contributed by atoms with E-state index in [4.69, 9.17) is 16.7 Å². The fourth-order valence-electron chi connectivity index (χ4n) is 2.39. The van der Waals surface area contributed by atoms with Crippen LogP contribution < -0.4 is 10.0 Å². The maximum atomic E-state index is 12.8. The molecule has 1 amide bonds. The van der Waals surface area contributed by atoms with E-state index < -0.39 is 10.0 Å². The minimum Gasteiger partial charge on any atom is -0.297 e. The number of hydrogen-bond acceptors (Lipinski definition) is 4. The zero-order chi connectivity index (χ0) is 16.8. The van der Waals surface area contributed by atoms with E-state index in [-0.39, 0.29) is 10.8 Å². The summed E-state index contributed by atoms with van der Waals surface area (Å²) in [6.07, 6.45) is 0. The van der Waals surface area contributed by atoms with Crippen LogP contribution in [0.5, 0.6) is 0 Å². The highest BCUT2D eigenvalue weighted by atomic mass is 35.5. The summed E-state index contributed by atoms with van der Waals surface area (Å²) in [5, 5.41) is 5.72. The average molecular weight is 369 g/mol. The van der Waals surface area contributed by atoms with Gasteiger partial charge in [0.25, 0.3) is 5.91 Å². The lowest BCUT2D eigenvalue weighted by molar-refractivity contribution is 0.0991. The summed E-state index contributed by atoms with van der Waals surface area (Å²) >= 11 is 7.32. The van der Waals surface area contributed by atoms with Crippen LogP contribution in [0.4, 0.5) is 5.69 Å². The molecule has 0 bridgehead atoms. The van der Waals surface area contributed by atoms with Crippen molar-refractivity contribution in [2.45, 2.75) is 16.7 Å². The Kier molecular flexibility index (Phi) is 4.14. The molecule has 0 radical (unpaired) electrons. The van der Waals surface area contributed by atoms with Crippen molar-refractivity contribution in [2.75, 3.05) is 10.8 Å². The zero-order valence-corrected chi connectivity index (χ0v) is 14.5. The number of sulfonamides is 1. The Morgan fingerprint density at radius 3 is 2.65 bits per heavy atom. The van der Waals surface area contributed by atoms with Crippen molar-refractivity contribution in [3.05, 3.63) is 52.5 Å². The molecular formula is C15H13ClN2O3S2. The molecule has 0 fully saturated rings. The van der Waals surface area contributed by atoms with Gasteiger partial charge in [0, 0.05) is 15.5 Å². The second-order valence-electron chi connectivity index (χ2n) is 5.14. The fourth-order valence-corrected chi connectivity index (χ4v) is 4.30. The van der Waals surface area contributed by atoms with E-state index in [1.54, 1.807) is 29.2 Å². The van der Waals surface area contributed by atoms with Crippen molar-refractivity contribution in [3.8, 4) is 0 Å². The average Bonchev–Trinajstić information content (AvgIpc) is 2.88. The van der Waals surface area contributed by atoms with Gasteiger partial charge in [0.15, 0.2) is 0 Å². The molecule has 2 aromatic rings. The number of carbonyl (C=O) groups excluding carboxylic acids is 1. The number of nitrogens with zero attached hydrogens (tertiary/aromatic N) is 1. The smallest absolute Gasteiger partial charge is 0.259 e. The van der Waals surface area contributed by atoms with Crippen LogP contribution in [0, 0.1) is 6.92 Å². The number of primary sulfonamides is 1. The van der Waals surface area contributed by atoms with Crippen LogP contribution in [0.3, 0.4) is 0 Å². The van der Waals surface area contributed by atoms with E-state index in [1.807, 2.05) is 6.92 Å². The highest BCUT2D eigenvalue weighted by Crippen LogP contribution is 2.40. The van der Waals surface area contributed by atoms with Gasteiger partial charge in [0.1, 0.15) is 0 Å². The summed E-state index contributed by atoms with van der Waals surface area (Å²) in [6.45, 7) is 1.83. The number of nitrogens with two attached hydrogens (primary N) is 1. The third-order valence-corrected chi connectivity index (χ3v) is 5.74.